The van der Waals surface area contributed by atoms with Crippen LogP contribution in [0.5, 0.6) is 0 Å². The van der Waals surface area contributed by atoms with Gasteiger partial charge in [-0.1, -0.05) is 6.92 Å². The summed E-state index contributed by atoms with van der Waals surface area (Å²) in [5.74, 6) is 0.865. The molecule has 0 bridgehead atoms. The first kappa shape index (κ1) is 9.92. The number of hydrogen-bond donors (Lipinski definition) is 0. The normalized spacial score (nSPS) is 40.5. The standard InChI is InChI=1S/C8H16O.H2O/c1-6-4-7(2)9-8(3)5-6;/h6-8H,4-5H2,1-3H3;1H2/t6?,7-,8?;/m0./s1. The van der Waals surface area contributed by atoms with Crippen molar-refractivity contribution in [3.63, 3.8) is 0 Å². The molecule has 0 amide bonds. The van der Waals surface area contributed by atoms with Gasteiger partial charge in [-0.15, -0.1) is 0 Å². The summed E-state index contributed by atoms with van der Waals surface area (Å²) in [7, 11) is 0. The molecule has 0 aromatic heterocycles. The molecule has 0 spiro atoms. The first-order valence-corrected chi connectivity index (χ1v) is 3.84. The van der Waals surface area contributed by atoms with Crippen LogP contribution in [0, 0.1) is 5.92 Å². The van der Waals surface area contributed by atoms with Crippen molar-refractivity contribution in [2.45, 2.75) is 45.8 Å². The summed E-state index contributed by atoms with van der Waals surface area (Å²) in [5.41, 5.74) is 0. The van der Waals surface area contributed by atoms with Crippen LogP contribution in [0.15, 0.2) is 0 Å². The van der Waals surface area contributed by atoms with Crippen LogP contribution in [0.25, 0.3) is 0 Å². The maximum absolute atomic E-state index is 5.56. The Morgan fingerprint density at radius 1 is 1.00 bits per heavy atom. The summed E-state index contributed by atoms with van der Waals surface area (Å²) in [5, 5.41) is 0. The van der Waals surface area contributed by atoms with E-state index < -0.39 is 0 Å². The minimum Gasteiger partial charge on any atom is -0.412 e. The topological polar surface area (TPSA) is 40.7 Å². The molecule has 3 atom stereocenters. The lowest BCUT2D eigenvalue weighted by molar-refractivity contribution is -0.0485. The van der Waals surface area contributed by atoms with Crippen LogP contribution in [0.4, 0.5) is 0 Å². The fraction of sp³-hybridized carbons (Fsp3) is 1.00. The van der Waals surface area contributed by atoms with Crippen molar-refractivity contribution in [1.82, 2.24) is 0 Å². The van der Waals surface area contributed by atoms with E-state index in [-0.39, 0.29) is 5.48 Å². The highest BCUT2D eigenvalue weighted by Gasteiger charge is 2.20. The molecule has 2 nitrogen and oxygen atoms in total. The Morgan fingerprint density at radius 3 is 1.70 bits per heavy atom. The average Bonchev–Trinajstić information content (AvgIpc) is 1.59. The second kappa shape index (κ2) is 3.94. The SMILES string of the molecule is CC1CC(C)O[C@@H](C)C1.O. The quantitative estimate of drug-likeness (QED) is 0.509. The third-order valence-corrected chi connectivity index (χ3v) is 1.93. The molecule has 1 aliphatic heterocycles. The lowest BCUT2D eigenvalue weighted by atomic mass is 9.95. The molecule has 2 heteroatoms. The predicted octanol–water partition coefficient (Wildman–Crippen LogP) is 1.39. The Morgan fingerprint density at radius 2 is 1.40 bits per heavy atom. The third kappa shape index (κ3) is 2.67. The highest BCUT2D eigenvalue weighted by molar-refractivity contribution is 4.69. The summed E-state index contributed by atoms with van der Waals surface area (Å²) >= 11 is 0. The van der Waals surface area contributed by atoms with Gasteiger partial charge in [0.1, 0.15) is 0 Å². The fourth-order valence-electron chi connectivity index (χ4n) is 1.74. The largest absolute Gasteiger partial charge is 0.412 e. The Hall–Kier alpha value is -0.0800. The number of ether oxygens (including phenoxy) is 1. The second-order valence-electron chi connectivity index (χ2n) is 3.33. The molecular formula is C8H18O2. The zero-order valence-corrected chi connectivity index (χ0v) is 7.05. The first-order valence-electron chi connectivity index (χ1n) is 3.84. The zero-order valence-electron chi connectivity index (χ0n) is 7.05. The van der Waals surface area contributed by atoms with Gasteiger partial charge in [-0.2, -0.15) is 0 Å². The van der Waals surface area contributed by atoms with Gasteiger partial charge in [0.15, 0.2) is 0 Å². The first-order chi connectivity index (χ1) is 4.18. The molecule has 1 fully saturated rings. The van der Waals surface area contributed by atoms with Crippen molar-refractivity contribution in [2.75, 3.05) is 0 Å². The van der Waals surface area contributed by atoms with E-state index in [1.165, 1.54) is 12.8 Å². The van der Waals surface area contributed by atoms with E-state index >= 15 is 0 Å². The van der Waals surface area contributed by atoms with Crippen LogP contribution in [-0.2, 0) is 4.74 Å². The van der Waals surface area contributed by atoms with Crippen LogP contribution in [0.3, 0.4) is 0 Å². The van der Waals surface area contributed by atoms with Gasteiger partial charge in [0.05, 0.1) is 12.2 Å². The van der Waals surface area contributed by atoms with Crippen LogP contribution in [-0.4, -0.2) is 17.7 Å². The molecule has 62 valence electrons. The smallest absolute Gasteiger partial charge is 0.0553 e. The molecule has 2 unspecified atom stereocenters. The zero-order chi connectivity index (χ0) is 6.85. The van der Waals surface area contributed by atoms with Crippen molar-refractivity contribution in [2.24, 2.45) is 5.92 Å². The maximum atomic E-state index is 5.56. The van der Waals surface area contributed by atoms with Crippen molar-refractivity contribution in [3.05, 3.63) is 0 Å². The summed E-state index contributed by atoms with van der Waals surface area (Å²) in [6.45, 7) is 6.62. The lowest BCUT2D eigenvalue weighted by Crippen LogP contribution is -2.27. The molecular weight excluding hydrogens is 128 g/mol. The van der Waals surface area contributed by atoms with E-state index in [2.05, 4.69) is 20.8 Å². The Kier molecular flexibility index (Phi) is 3.91. The average molecular weight is 146 g/mol. The van der Waals surface area contributed by atoms with Gasteiger partial charge in [-0.25, -0.2) is 0 Å². The predicted molar refractivity (Wildman–Crippen MR) is 42.0 cm³/mol. The van der Waals surface area contributed by atoms with Gasteiger partial charge in [0.25, 0.3) is 0 Å². The molecule has 1 aliphatic rings. The Labute approximate surface area is 62.9 Å². The maximum Gasteiger partial charge on any atom is 0.0553 e. The van der Waals surface area contributed by atoms with Gasteiger partial charge in [0, 0.05) is 0 Å². The molecule has 0 aromatic carbocycles. The monoisotopic (exact) mass is 146 g/mol. The summed E-state index contributed by atoms with van der Waals surface area (Å²) < 4.78 is 5.56. The van der Waals surface area contributed by atoms with Crippen LogP contribution in [0.2, 0.25) is 0 Å². The van der Waals surface area contributed by atoms with Crippen molar-refractivity contribution in [1.29, 1.82) is 0 Å². The van der Waals surface area contributed by atoms with Gasteiger partial charge >= 0.3 is 0 Å². The van der Waals surface area contributed by atoms with Gasteiger partial charge in [-0.3, -0.25) is 0 Å². The van der Waals surface area contributed by atoms with Crippen molar-refractivity contribution in [3.8, 4) is 0 Å². The molecule has 1 saturated heterocycles. The van der Waals surface area contributed by atoms with Gasteiger partial charge in [0.2, 0.25) is 0 Å². The number of hydrogen-bond acceptors (Lipinski definition) is 1. The van der Waals surface area contributed by atoms with Crippen LogP contribution >= 0.6 is 0 Å². The van der Waals surface area contributed by atoms with E-state index in [9.17, 15) is 0 Å². The molecule has 0 aromatic rings. The lowest BCUT2D eigenvalue weighted by Gasteiger charge is -2.29. The third-order valence-electron chi connectivity index (χ3n) is 1.93. The minimum atomic E-state index is 0. The van der Waals surface area contributed by atoms with Crippen molar-refractivity contribution < 1.29 is 10.2 Å². The van der Waals surface area contributed by atoms with E-state index in [4.69, 9.17) is 4.74 Å². The van der Waals surface area contributed by atoms with Crippen LogP contribution in [0.1, 0.15) is 33.6 Å². The molecule has 0 aliphatic carbocycles. The highest BCUT2D eigenvalue weighted by Crippen LogP contribution is 2.23. The minimum absolute atomic E-state index is 0. The summed E-state index contributed by atoms with van der Waals surface area (Å²) in [4.78, 5) is 0. The molecule has 1 rings (SSSR count). The molecule has 0 radical (unpaired) electrons. The van der Waals surface area contributed by atoms with E-state index in [1.54, 1.807) is 0 Å². The van der Waals surface area contributed by atoms with E-state index in [0.29, 0.717) is 12.2 Å². The van der Waals surface area contributed by atoms with E-state index in [0.717, 1.165) is 5.92 Å². The Bertz CT molecular complexity index is 68.2. The summed E-state index contributed by atoms with van der Waals surface area (Å²) in [6.07, 6.45) is 3.46. The van der Waals surface area contributed by atoms with Gasteiger partial charge in [-0.05, 0) is 32.6 Å². The van der Waals surface area contributed by atoms with E-state index in [1.807, 2.05) is 0 Å². The molecule has 2 N–H and O–H groups in total. The second-order valence-corrected chi connectivity index (χ2v) is 3.33. The summed E-state index contributed by atoms with van der Waals surface area (Å²) in [6, 6.07) is 0. The van der Waals surface area contributed by atoms with Crippen molar-refractivity contribution >= 4 is 0 Å². The molecule has 1 heterocycles. The fourth-order valence-corrected chi connectivity index (χ4v) is 1.74. The number of rotatable bonds is 0. The highest BCUT2D eigenvalue weighted by atomic mass is 16.5. The molecule has 10 heavy (non-hydrogen) atoms. The molecule has 0 saturated carbocycles. The van der Waals surface area contributed by atoms with Crippen LogP contribution < -0.4 is 0 Å². The Balaban J connectivity index is 0.000000810. The van der Waals surface area contributed by atoms with Gasteiger partial charge < -0.3 is 10.2 Å².